The first kappa shape index (κ1) is 21.1. The predicted molar refractivity (Wildman–Crippen MR) is 109 cm³/mol. The molecule has 0 aliphatic carbocycles. The van der Waals surface area contributed by atoms with Crippen molar-refractivity contribution in [3.05, 3.63) is 30.2 Å². The third-order valence-electron chi connectivity index (χ3n) is 3.35. The van der Waals surface area contributed by atoms with Gasteiger partial charge in [0.05, 0.1) is 6.54 Å². The van der Waals surface area contributed by atoms with E-state index in [1.807, 2.05) is 28.8 Å². The van der Waals surface area contributed by atoms with E-state index in [0.29, 0.717) is 18.4 Å². The average Bonchev–Trinajstić information content (AvgIpc) is 2.96. The van der Waals surface area contributed by atoms with Gasteiger partial charge < -0.3 is 15.5 Å². The molecule has 0 fully saturated rings. The molecular formula is C16H26IN7O. The first-order valence-corrected chi connectivity index (χ1v) is 7.98. The standard InChI is InChI=1S/C16H25N7O.HI/c1-12(2)9-17-16(19-11-15(24)22(3)4)18-10-14-21-20-13-7-5-6-8-23(13)14;/h5-8,12H,9-11H2,1-4H3,(H2,17,18,19);1H. The summed E-state index contributed by atoms with van der Waals surface area (Å²) in [6.45, 7) is 5.55. The molecule has 2 heterocycles. The summed E-state index contributed by atoms with van der Waals surface area (Å²) in [4.78, 5) is 17.8. The molecule has 0 aromatic carbocycles. The summed E-state index contributed by atoms with van der Waals surface area (Å²) in [5.74, 6) is 1.79. The highest BCUT2D eigenvalue weighted by Crippen LogP contribution is 2.03. The summed E-state index contributed by atoms with van der Waals surface area (Å²) in [5, 5.41) is 14.6. The van der Waals surface area contributed by atoms with Crippen LogP contribution in [0.4, 0.5) is 0 Å². The predicted octanol–water partition coefficient (Wildman–Crippen LogP) is 1.13. The lowest BCUT2D eigenvalue weighted by Gasteiger charge is -2.15. The molecule has 2 N–H and O–H groups in total. The minimum atomic E-state index is -0.0121. The molecule has 9 heteroatoms. The van der Waals surface area contributed by atoms with Crippen molar-refractivity contribution in [2.75, 3.05) is 27.2 Å². The van der Waals surface area contributed by atoms with Crippen LogP contribution in [-0.2, 0) is 11.3 Å². The smallest absolute Gasteiger partial charge is 0.241 e. The minimum Gasteiger partial charge on any atom is -0.356 e. The van der Waals surface area contributed by atoms with Crippen LogP contribution in [0.2, 0.25) is 0 Å². The highest BCUT2D eigenvalue weighted by atomic mass is 127. The van der Waals surface area contributed by atoms with Crippen molar-refractivity contribution in [1.29, 1.82) is 0 Å². The van der Waals surface area contributed by atoms with Crippen molar-refractivity contribution < 1.29 is 4.79 Å². The van der Waals surface area contributed by atoms with E-state index in [1.165, 1.54) is 0 Å². The lowest BCUT2D eigenvalue weighted by atomic mass is 10.2. The number of nitrogens with one attached hydrogen (secondary N) is 2. The largest absolute Gasteiger partial charge is 0.356 e. The number of fused-ring (bicyclic) bond motifs is 1. The Morgan fingerprint density at radius 2 is 2.04 bits per heavy atom. The zero-order chi connectivity index (χ0) is 17.5. The molecule has 8 nitrogen and oxygen atoms in total. The molecule has 25 heavy (non-hydrogen) atoms. The van der Waals surface area contributed by atoms with Gasteiger partial charge in [0.2, 0.25) is 5.91 Å². The highest BCUT2D eigenvalue weighted by Gasteiger charge is 2.08. The fourth-order valence-corrected chi connectivity index (χ4v) is 1.94. The molecule has 0 unspecified atom stereocenters. The number of guanidine groups is 1. The number of hydrogen-bond donors (Lipinski definition) is 2. The lowest BCUT2D eigenvalue weighted by molar-refractivity contribution is -0.127. The van der Waals surface area contributed by atoms with E-state index in [2.05, 4.69) is 39.7 Å². The summed E-state index contributed by atoms with van der Waals surface area (Å²) >= 11 is 0. The van der Waals surface area contributed by atoms with E-state index in [9.17, 15) is 4.79 Å². The molecule has 1 amide bonds. The number of halogens is 1. The van der Waals surface area contributed by atoms with Crippen LogP contribution >= 0.6 is 24.0 Å². The number of rotatable bonds is 6. The van der Waals surface area contributed by atoms with Gasteiger partial charge in [0.25, 0.3) is 0 Å². The number of aliphatic imine (C=N–C) groups is 1. The van der Waals surface area contributed by atoms with Crippen LogP contribution < -0.4 is 10.6 Å². The van der Waals surface area contributed by atoms with Crippen LogP contribution in [0.5, 0.6) is 0 Å². The number of carbonyl (C=O) groups excluding carboxylic acids is 1. The quantitative estimate of drug-likeness (QED) is 0.384. The summed E-state index contributed by atoms with van der Waals surface area (Å²) in [5.41, 5.74) is 0.787. The van der Waals surface area contributed by atoms with Gasteiger partial charge >= 0.3 is 0 Å². The Kier molecular flexibility index (Phi) is 8.59. The van der Waals surface area contributed by atoms with Crippen LogP contribution in [0, 0.1) is 5.92 Å². The maximum Gasteiger partial charge on any atom is 0.241 e. The van der Waals surface area contributed by atoms with Crippen molar-refractivity contribution >= 4 is 41.5 Å². The van der Waals surface area contributed by atoms with Gasteiger partial charge in [-0.05, 0) is 18.1 Å². The molecule has 0 aliphatic heterocycles. The first-order chi connectivity index (χ1) is 11.5. The van der Waals surface area contributed by atoms with Crippen molar-refractivity contribution in [3.63, 3.8) is 0 Å². The number of likely N-dealkylation sites (N-methyl/N-ethyl adjacent to an activating group) is 1. The molecule has 0 bridgehead atoms. The zero-order valence-electron chi connectivity index (χ0n) is 15.1. The van der Waals surface area contributed by atoms with E-state index >= 15 is 0 Å². The van der Waals surface area contributed by atoms with E-state index in [1.54, 1.807) is 19.0 Å². The second-order valence-corrected chi connectivity index (χ2v) is 6.13. The number of pyridine rings is 1. The maximum atomic E-state index is 11.7. The maximum absolute atomic E-state index is 11.7. The molecule has 0 aliphatic rings. The Balaban J connectivity index is 0.00000312. The molecule has 2 aromatic heterocycles. The second-order valence-electron chi connectivity index (χ2n) is 6.13. The summed E-state index contributed by atoms with van der Waals surface area (Å²) in [6, 6.07) is 5.74. The van der Waals surface area contributed by atoms with Crippen molar-refractivity contribution in [3.8, 4) is 0 Å². The van der Waals surface area contributed by atoms with Crippen LogP contribution in [0.1, 0.15) is 19.7 Å². The molecule has 0 atom stereocenters. The Morgan fingerprint density at radius 1 is 1.28 bits per heavy atom. The fourth-order valence-electron chi connectivity index (χ4n) is 1.94. The van der Waals surface area contributed by atoms with Gasteiger partial charge in [0, 0.05) is 26.8 Å². The molecular weight excluding hydrogens is 433 g/mol. The third-order valence-corrected chi connectivity index (χ3v) is 3.35. The molecule has 0 spiro atoms. The number of hydrogen-bond acceptors (Lipinski definition) is 4. The average molecular weight is 459 g/mol. The summed E-state index contributed by atoms with van der Waals surface area (Å²) < 4.78 is 1.90. The van der Waals surface area contributed by atoms with Gasteiger partial charge in [-0.1, -0.05) is 19.9 Å². The second kappa shape index (κ2) is 10.2. The van der Waals surface area contributed by atoms with E-state index in [4.69, 9.17) is 0 Å². The van der Waals surface area contributed by atoms with Crippen molar-refractivity contribution in [2.24, 2.45) is 10.9 Å². The van der Waals surface area contributed by atoms with Gasteiger partial charge in [0.1, 0.15) is 6.54 Å². The van der Waals surface area contributed by atoms with Crippen LogP contribution in [0.25, 0.3) is 5.65 Å². The summed E-state index contributed by atoms with van der Waals surface area (Å²) in [7, 11) is 3.45. The minimum absolute atomic E-state index is 0. The number of nitrogens with zero attached hydrogens (tertiary/aromatic N) is 5. The van der Waals surface area contributed by atoms with E-state index in [-0.39, 0.29) is 36.4 Å². The van der Waals surface area contributed by atoms with Crippen LogP contribution in [0.15, 0.2) is 29.4 Å². The fraction of sp³-hybridized carbons (Fsp3) is 0.500. The first-order valence-electron chi connectivity index (χ1n) is 7.98. The molecule has 2 aromatic rings. The van der Waals surface area contributed by atoms with Gasteiger partial charge in [-0.25, -0.2) is 4.99 Å². The van der Waals surface area contributed by atoms with Crippen molar-refractivity contribution in [1.82, 2.24) is 30.1 Å². The molecule has 138 valence electrons. The van der Waals surface area contributed by atoms with Crippen LogP contribution in [-0.4, -0.2) is 58.5 Å². The molecule has 2 rings (SSSR count). The number of carbonyl (C=O) groups is 1. The van der Waals surface area contributed by atoms with Crippen molar-refractivity contribution in [2.45, 2.75) is 20.4 Å². The topological polar surface area (TPSA) is 86.9 Å². The van der Waals surface area contributed by atoms with Crippen LogP contribution in [0.3, 0.4) is 0 Å². The third kappa shape index (κ3) is 6.48. The SMILES string of the molecule is CC(C)CNC(=NCc1nnc2ccccn12)NCC(=O)N(C)C.I. The zero-order valence-corrected chi connectivity index (χ0v) is 17.4. The normalized spacial score (nSPS) is 11.3. The Morgan fingerprint density at radius 3 is 2.72 bits per heavy atom. The summed E-state index contributed by atoms with van der Waals surface area (Å²) in [6.07, 6.45) is 1.91. The highest BCUT2D eigenvalue weighted by molar-refractivity contribution is 14.0. The van der Waals surface area contributed by atoms with Gasteiger partial charge in [0.15, 0.2) is 17.4 Å². The monoisotopic (exact) mass is 459 g/mol. The molecule has 0 saturated carbocycles. The Hall–Kier alpha value is -1.91. The van der Waals surface area contributed by atoms with Gasteiger partial charge in [-0.15, -0.1) is 34.2 Å². The Labute approximate surface area is 165 Å². The number of aromatic nitrogens is 3. The lowest BCUT2D eigenvalue weighted by Crippen LogP contribution is -2.44. The van der Waals surface area contributed by atoms with E-state index < -0.39 is 0 Å². The Bertz CT molecular complexity index is 711. The van der Waals surface area contributed by atoms with Gasteiger partial charge in [-0.3, -0.25) is 9.20 Å². The number of amides is 1. The van der Waals surface area contributed by atoms with E-state index in [0.717, 1.165) is 18.0 Å². The molecule has 0 saturated heterocycles. The van der Waals surface area contributed by atoms with Gasteiger partial charge in [-0.2, -0.15) is 0 Å². The molecule has 0 radical (unpaired) electrons.